The van der Waals surface area contributed by atoms with Crippen LogP contribution in [0.2, 0.25) is 10.0 Å². The molecule has 0 aliphatic rings. The van der Waals surface area contributed by atoms with Crippen molar-refractivity contribution in [2.24, 2.45) is 0 Å². The zero-order valence-corrected chi connectivity index (χ0v) is 12.7. The first-order valence-corrected chi connectivity index (χ1v) is 6.89. The van der Waals surface area contributed by atoms with E-state index in [1.54, 1.807) is 12.3 Å². The first-order chi connectivity index (χ1) is 9.56. The minimum atomic E-state index is -0.311. The average Bonchev–Trinajstić information content (AvgIpc) is 2.86. The maximum Gasteiger partial charge on any atom is 0.310 e. The van der Waals surface area contributed by atoms with Crippen LogP contribution >= 0.6 is 23.2 Å². The summed E-state index contributed by atoms with van der Waals surface area (Å²) in [6, 6.07) is 3.74. The Bertz CT molecular complexity index is 638. The van der Waals surface area contributed by atoms with Crippen LogP contribution in [-0.2, 0) is 22.4 Å². The molecule has 0 amide bonds. The van der Waals surface area contributed by atoms with Crippen molar-refractivity contribution < 1.29 is 9.53 Å². The number of carbonyl (C=O) groups is 1. The van der Waals surface area contributed by atoms with E-state index in [0.717, 1.165) is 23.1 Å². The summed E-state index contributed by atoms with van der Waals surface area (Å²) in [6.45, 7) is 2.00. The van der Waals surface area contributed by atoms with Gasteiger partial charge in [0.25, 0.3) is 0 Å². The van der Waals surface area contributed by atoms with E-state index < -0.39 is 0 Å². The van der Waals surface area contributed by atoms with E-state index in [9.17, 15) is 4.79 Å². The Morgan fingerprint density at radius 3 is 2.65 bits per heavy atom. The molecule has 20 heavy (non-hydrogen) atoms. The molecule has 2 aromatic rings. The largest absolute Gasteiger partial charge is 0.469 e. The Balaban J connectivity index is 2.48. The van der Waals surface area contributed by atoms with Gasteiger partial charge in [0.2, 0.25) is 0 Å². The van der Waals surface area contributed by atoms with Crippen LogP contribution in [0.15, 0.2) is 18.3 Å². The maximum absolute atomic E-state index is 11.5. The first-order valence-electron chi connectivity index (χ1n) is 6.14. The van der Waals surface area contributed by atoms with Crippen LogP contribution in [-0.4, -0.2) is 23.3 Å². The van der Waals surface area contributed by atoms with Crippen LogP contribution in [0.1, 0.15) is 18.1 Å². The van der Waals surface area contributed by atoms with E-state index in [1.807, 2.05) is 13.0 Å². The Kier molecular flexibility index (Phi) is 4.68. The van der Waals surface area contributed by atoms with Crippen LogP contribution in [0.5, 0.6) is 0 Å². The van der Waals surface area contributed by atoms with Crippen molar-refractivity contribution in [3.8, 4) is 11.3 Å². The van der Waals surface area contributed by atoms with Gasteiger partial charge in [0.05, 0.1) is 30.4 Å². The molecule has 0 fully saturated rings. The summed E-state index contributed by atoms with van der Waals surface area (Å²) < 4.78 is 4.70. The van der Waals surface area contributed by atoms with Gasteiger partial charge in [-0.2, -0.15) is 5.10 Å². The quantitative estimate of drug-likeness (QED) is 0.876. The second-order valence-corrected chi connectivity index (χ2v) is 5.11. The van der Waals surface area contributed by atoms with Crippen LogP contribution in [0.25, 0.3) is 11.3 Å². The number of aromatic amines is 1. The zero-order valence-electron chi connectivity index (χ0n) is 11.2. The third kappa shape index (κ3) is 2.97. The van der Waals surface area contributed by atoms with Gasteiger partial charge < -0.3 is 4.74 Å². The number of esters is 1. The predicted octanol–water partition coefficient (Wildman–Crippen LogP) is 3.66. The minimum Gasteiger partial charge on any atom is -0.469 e. The van der Waals surface area contributed by atoms with Crippen molar-refractivity contribution in [1.29, 1.82) is 0 Å². The number of H-pyrrole nitrogens is 1. The molecule has 0 saturated carbocycles. The number of aromatic nitrogens is 2. The third-order valence-corrected chi connectivity index (χ3v) is 3.72. The molecule has 1 N–H and O–H groups in total. The van der Waals surface area contributed by atoms with Crippen LogP contribution in [0.4, 0.5) is 0 Å². The minimum absolute atomic E-state index is 0.162. The van der Waals surface area contributed by atoms with Gasteiger partial charge in [0.15, 0.2) is 0 Å². The van der Waals surface area contributed by atoms with Crippen molar-refractivity contribution in [3.63, 3.8) is 0 Å². The fraction of sp³-hybridized carbons (Fsp3) is 0.286. The fourth-order valence-corrected chi connectivity index (χ4v) is 2.55. The molecule has 0 radical (unpaired) electrons. The molecule has 0 bridgehead atoms. The van der Waals surface area contributed by atoms with E-state index in [2.05, 4.69) is 10.2 Å². The Morgan fingerprint density at radius 1 is 1.35 bits per heavy atom. The summed E-state index contributed by atoms with van der Waals surface area (Å²) in [5.41, 5.74) is 3.35. The lowest BCUT2D eigenvalue weighted by molar-refractivity contribution is -0.139. The number of carbonyl (C=O) groups excluding carboxylic acids is 1. The van der Waals surface area contributed by atoms with Gasteiger partial charge in [0, 0.05) is 10.6 Å². The molecule has 4 nitrogen and oxygen atoms in total. The summed E-state index contributed by atoms with van der Waals surface area (Å²) in [4.78, 5) is 11.5. The number of benzene rings is 1. The van der Waals surface area contributed by atoms with E-state index in [-0.39, 0.29) is 12.4 Å². The highest BCUT2D eigenvalue weighted by atomic mass is 35.5. The molecular formula is C14H14Cl2N2O2. The van der Waals surface area contributed by atoms with E-state index in [4.69, 9.17) is 27.9 Å². The molecule has 0 atom stereocenters. The summed E-state index contributed by atoms with van der Waals surface area (Å²) in [5.74, 6) is -0.311. The third-order valence-electron chi connectivity index (χ3n) is 3.10. The summed E-state index contributed by atoms with van der Waals surface area (Å²) >= 11 is 12.4. The number of hydrogen-bond donors (Lipinski definition) is 1. The van der Waals surface area contributed by atoms with Gasteiger partial charge >= 0.3 is 5.97 Å². The van der Waals surface area contributed by atoms with Crippen molar-refractivity contribution >= 4 is 29.2 Å². The molecule has 0 spiro atoms. The van der Waals surface area contributed by atoms with E-state index in [0.29, 0.717) is 15.7 Å². The molecule has 2 rings (SSSR count). The molecule has 1 aromatic carbocycles. The lowest BCUT2D eigenvalue weighted by Gasteiger charge is -2.12. The average molecular weight is 313 g/mol. The number of hydrogen-bond acceptors (Lipinski definition) is 3. The van der Waals surface area contributed by atoms with Crippen LogP contribution in [0, 0.1) is 0 Å². The van der Waals surface area contributed by atoms with E-state index >= 15 is 0 Å². The monoisotopic (exact) mass is 312 g/mol. The standard InChI is InChI=1S/C14H14Cl2N2O2/c1-3-8-4-9(14-12(16)7-17-18-14)5-11(15)10(8)6-13(19)20-2/h4-5,7H,3,6H2,1-2H3,(H,17,18). The SMILES string of the molecule is CCc1cc(-c2[nH]ncc2Cl)cc(Cl)c1CC(=O)OC. The van der Waals surface area contributed by atoms with Gasteiger partial charge in [0.1, 0.15) is 0 Å². The number of rotatable bonds is 4. The number of halogens is 2. The van der Waals surface area contributed by atoms with Crippen molar-refractivity contribution in [2.75, 3.05) is 7.11 Å². The molecule has 106 valence electrons. The fourth-order valence-electron chi connectivity index (χ4n) is 2.04. The highest BCUT2D eigenvalue weighted by molar-refractivity contribution is 6.33. The lowest BCUT2D eigenvalue weighted by atomic mass is 9.98. The first kappa shape index (κ1) is 14.9. The van der Waals surface area contributed by atoms with Crippen LogP contribution in [0.3, 0.4) is 0 Å². The highest BCUT2D eigenvalue weighted by Crippen LogP contribution is 2.32. The van der Waals surface area contributed by atoms with Crippen molar-refractivity contribution in [3.05, 3.63) is 39.5 Å². The molecule has 1 heterocycles. The number of methoxy groups -OCH3 is 1. The van der Waals surface area contributed by atoms with E-state index in [1.165, 1.54) is 7.11 Å². The number of nitrogens with zero attached hydrogens (tertiary/aromatic N) is 1. The number of ether oxygens (including phenoxy) is 1. The molecule has 0 aliphatic carbocycles. The Morgan fingerprint density at radius 2 is 2.10 bits per heavy atom. The Labute approximate surface area is 127 Å². The molecule has 1 aromatic heterocycles. The molecule has 0 saturated heterocycles. The normalized spacial score (nSPS) is 10.6. The van der Waals surface area contributed by atoms with Gasteiger partial charge in [-0.3, -0.25) is 9.89 Å². The molecule has 0 unspecified atom stereocenters. The lowest BCUT2D eigenvalue weighted by Crippen LogP contribution is -2.07. The zero-order chi connectivity index (χ0) is 14.7. The summed E-state index contributed by atoms with van der Waals surface area (Å²) in [7, 11) is 1.36. The highest BCUT2D eigenvalue weighted by Gasteiger charge is 2.15. The smallest absolute Gasteiger partial charge is 0.310 e. The maximum atomic E-state index is 11.5. The predicted molar refractivity (Wildman–Crippen MR) is 79.1 cm³/mol. The van der Waals surface area contributed by atoms with Gasteiger partial charge in [-0.25, -0.2) is 0 Å². The Hall–Kier alpha value is -1.52. The topological polar surface area (TPSA) is 55.0 Å². The van der Waals surface area contributed by atoms with Crippen molar-refractivity contribution in [1.82, 2.24) is 10.2 Å². The van der Waals surface area contributed by atoms with Crippen LogP contribution < -0.4 is 0 Å². The second kappa shape index (κ2) is 6.29. The molecule has 0 aliphatic heterocycles. The number of nitrogens with one attached hydrogen (secondary N) is 1. The summed E-state index contributed by atoms with van der Waals surface area (Å²) in [5, 5.41) is 7.79. The second-order valence-electron chi connectivity index (χ2n) is 4.30. The van der Waals surface area contributed by atoms with Gasteiger partial charge in [-0.15, -0.1) is 0 Å². The van der Waals surface area contributed by atoms with Gasteiger partial charge in [-0.05, 0) is 29.7 Å². The molecule has 6 heteroatoms. The molecular weight excluding hydrogens is 299 g/mol. The van der Waals surface area contributed by atoms with Crippen molar-refractivity contribution in [2.45, 2.75) is 19.8 Å². The number of aryl methyl sites for hydroxylation is 1. The summed E-state index contributed by atoms with van der Waals surface area (Å²) in [6.07, 6.45) is 2.46. The van der Waals surface area contributed by atoms with Gasteiger partial charge in [-0.1, -0.05) is 30.1 Å².